The molecular weight excluding hydrogens is 340 g/mol. The molecule has 0 spiro atoms. The number of likely N-dealkylation sites (tertiary alicyclic amines) is 1. The zero-order chi connectivity index (χ0) is 18.5. The third-order valence-electron chi connectivity index (χ3n) is 4.19. The molecule has 8 nitrogen and oxygen atoms in total. The van der Waals surface area contributed by atoms with Crippen LogP contribution in [0.3, 0.4) is 0 Å². The lowest BCUT2D eigenvalue weighted by molar-refractivity contribution is -0.402. The number of carbonyl (C=O) groups is 2. The summed E-state index contributed by atoms with van der Waals surface area (Å²) >= 11 is 0. The van der Waals surface area contributed by atoms with Crippen molar-refractivity contribution >= 4 is 17.8 Å². The van der Waals surface area contributed by atoms with Gasteiger partial charge in [-0.3, -0.25) is 14.9 Å². The van der Waals surface area contributed by atoms with E-state index in [4.69, 9.17) is 9.15 Å². The second-order valence-corrected chi connectivity index (χ2v) is 5.98. The molecule has 1 aliphatic heterocycles. The van der Waals surface area contributed by atoms with E-state index >= 15 is 0 Å². The Morgan fingerprint density at radius 1 is 1.08 bits per heavy atom. The van der Waals surface area contributed by atoms with Gasteiger partial charge in [0.25, 0.3) is 5.91 Å². The summed E-state index contributed by atoms with van der Waals surface area (Å²) in [6.45, 7) is 1.23. The number of nitro groups is 1. The minimum absolute atomic E-state index is 0.301. The fourth-order valence-electron chi connectivity index (χ4n) is 2.87. The molecule has 1 saturated heterocycles. The van der Waals surface area contributed by atoms with Crippen molar-refractivity contribution < 1.29 is 23.7 Å². The van der Waals surface area contributed by atoms with Gasteiger partial charge in [0.2, 0.25) is 11.9 Å². The molecule has 0 unspecified atom stereocenters. The Kier molecular flexibility index (Phi) is 5.31. The fourth-order valence-corrected chi connectivity index (χ4v) is 2.87. The molecular formula is C18H18N2O6. The molecule has 0 bridgehead atoms. The smallest absolute Gasteiger partial charge is 0.433 e. The highest BCUT2D eigenvalue weighted by molar-refractivity contribution is 5.91. The summed E-state index contributed by atoms with van der Waals surface area (Å²) in [5.74, 6) is -2.10. The Morgan fingerprint density at radius 2 is 1.77 bits per heavy atom. The van der Waals surface area contributed by atoms with E-state index in [1.54, 1.807) is 35.2 Å². The number of rotatable bonds is 5. The lowest BCUT2D eigenvalue weighted by atomic mass is 10.1. The normalized spacial score (nSPS) is 15.3. The highest BCUT2D eigenvalue weighted by Crippen LogP contribution is 2.25. The van der Waals surface area contributed by atoms with E-state index < -0.39 is 22.9 Å². The maximum atomic E-state index is 12.9. The van der Waals surface area contributed by atoms with Crippen LogP contribution in [0.4, 0.5) is 5.88 Å². The number of carbonyl (C=O) groups excluding carboxylic acids is 2. The first-order valence-electron chi connectivity index (χ1n) is 8.35. The largest absolute Gasteiger partial charge is 0.441 e. The Balaban J connectivity index is 1.82. The zero-order valence-corrected chi connectivity index (χ0v) is 14.0. The number of furan rings is 1. The Labute approximate surface area is 149 Å². The number of hydrogen-bond donors (Lipinski definition) is 0. The van der Waals surface area contributed by atoms with E-state index in [0.717, 1.165) is 31.4 Å². The predicted molar refractivity (Wildman–Crippen MR) is 90.4 cm³/mol. The molecule has 2 heterocycles. The number of nitrogens with zero attached hydrogens (tertiary/aromatic N) is 2. The number of ether oxygens (including phenoxy) is 1. The van der Waals surface area contributed by atoms with E-state index in [0.29, 0.717) is 18.7 Å². The van der Waals surface area contributed by atoms with Gasteiger partial charge in [0.15, 0.2) is 0 Å². The van der Waals surface area contributed by atoms with Gasteiger partial charge in [0.05, 0.1) is 6.07 Å². The molecule has 1 aromatic carbocycles. The lowest BCUT2D eigenvalue weighted by Crippen LogP contribution is -2.40. The van der Waals surface area contributed by atoms with Crippen molar-refractivity contribution in [1.29, 1.82) is 0 Å². The van der Waals surface area contributed by atoms with E-state index in [2.05, 4.69) is 0 Å². The standard InChI is InChI=1S/C18H18N2O6/c21-17(19-11-5-2-6-12-19)16(13-7-3-1-4-8-13)26-18(22)14-9-10-15(25-14)20(23)24/h1,3-4,7-10,16H,2,5-6,11-12H2/t16-/m1/s1. The molecule has 2 aromatic rings. The van der Waals surface area contributed by atoms with Gasteiger partial charge < -0.3 is 14.1 Å². The molecule has 1 aromatic heterocycles. The van der Waals surface area contributed by atoms with Gasteiger partial charge in [-0.2, -0.15) is 0 Å². The second kappa shape index (κ2) is 7.81. The molecule has 0 N–H and O–H groups in total. The second-order valence-electron chi connectivity index (χ2n) is 5.98. The molecule has 0 saturated carbocycles. The summed E-state index contributed by atoms with van der Waals surface area (Å²) in [7, 11) is 0. The molecule has 1 aliphatic rings. The third-order valence-corrected chi connectivity index (χ3v) is 4.19. The van der Waals surface area contributed by atoms with Crippen molar-refractivity contribution in [3.8, 4) is 0 Å². The average Bonchev–Trinajstić information content (AvgIpc) is 3.17. The summed E-state index contributed by atoms with van der Waals surface area (Å²) < 4.78 is 10.3. The van der Waals surface area contributed by atoms with Crippen LogP contribution in [0, 0.1) is 10.1 Å². The first kappa shape index (κ1) is 17.7. The minimum atomic E-state index is -1.12. The monoisotopic (exact) mass is 358 g/mol. The zero-order valence-electron chi connectivity index (χ0n) is 14.0. The molecule has 8 heteroatoms. The van der Waals surface area contributed by atoms with Gasteiger partial charge in [-0.1, -0.05) is 30.3 Å². The summed E-state index contributed by atoms with van der Waals surface area (Å²) in [6, 6.07) is 10.9. The Hall–Kier alpha value is -3.16. The SMILES string of the molecule is O=C(O[C@@H](C(=O)N1CCCCC1)c1ccccc1)c1ccc([N+](=O)[O-])o1. The molecule has 1 amide bonds. The highest BCUT2D eigenvalue weighted by Gasteiger charge is 2.31. The molecule has 1 atom stereocenters. The quantitative estimate of drug-likeness (QED) is 0.462. The van der Waals surface area contributed by atoms with E-state index in [-0.39, 0.29) is 11.7 Å². The van der Waals surface area contributed by atoms with Crippen LogP contribution in [0.2, 0.25) is 0 Å². The van der Waals surface area contributed by atoms with Gasteiger partial charge in [0.1, 0.15) is 4.92 Å². The van der Waals surface area contributed by atoms with Crippen LogP contribution in [0.15, 0.2) is 46.9 Å². The van der Waals surface area contributed by atoms with Crippen molar-refractivity contribution in [2.75, 3.05) is 13.1 Å². The van der Waals surface area contributed by atoms with Crippen LogP contribution >= 0.6 is 0 Å². The van der Waals surface area contributed by atoms with Crippen LogP contribution in [0.1, 0.15) is 41.5 Å². The van der Waals surface area contributed by atoms with E-state index in [9.17, 15) is 19.7 Å². The number of benzene rings is 1. The summed E-state index contributed by atoms with van der Waals surface area (Å²) in [4.78, 5) is 36.9. The highest BCUT2D eigenvalue weighted by atomic mass is 16.7. The van der Waals surface area contributed by atoms with Crippen molar-refractivity contribution in [2.24, 2.45) is 0 Å². The summed E-state index contributed by atoms with van der Waals surface area (Å²) in [5.41, 5.74) is 0.539. The predicted octanol–water partition coefficient (Wildman–Crippen LogP) is 3.10. The first-order chi connectivity index (χ1) is 12.6. The van der Waals surface area contributed by atoms with Gasteiger partial charge in [0, 0.05) is 18.7 Å². The average molecular weight is 358 g/mol. The van der Waals surface area contributed by atoms with Crippen molar-refractivity contribution in [1.82, 2.24) is 4.90 Å². The van der Waals surface area contributed by atoms with Gasteiger partial charge in [-0.25, -0.2) is 4.79 Å². The molecule has 136 valence electrons. The Morgan fingerprint density at radius 3 is 2.38 bits per heavy atom. The number of hydrogen-bond acceptors (Lipinski definition) is 6. The van der Waals surface area contributed by atoms with E-state index in [1.165, 1.54) is 0 Å². The summed E-state index contributed by atoms with van der Waals surface area (Å²) in [5, 5.41) is 10.7. The van der Waals surface area contributed by atoms with Crippen LogP contribution in [0.5, 0.6) is 0 Å². The first-order valence-corrected chi connectivity index (χ1v) is 8.35. The van der Waals surface area contributed by atoms with Crippen LogP contribution < -0.4 is 0 Å². The van der Waals surface area contributed by atoms with Gasteiger partial charge in [-0.05, 0) is 25.3 Å². The molecule has 26 heavy (non-hydrogen) atoms. The minimum Gasteiger partial charge on any atom is -0.441 e. The molecule has 1 fully saturated rings. The van der Waals surface area contributed by atoms with Crippen LogP contribution in [-0.2, 0) is 9.53 Å². The third kappa shape index (κ3) is 3.90. The summed E-state index contributed by atoms with van der Waals surface area (Å²) in [6.07, 6.45) is 1.76. The maximum absolute atomic E-state index is 12.9. The van der Waals surface area contributed by atoms with Gasteiger partial charge >= 0.3 is 11.9 Å². The van der Waals surface area contributed by atoms with Crippen LogP contribution in [-0.4, -0.2) is 34.8 Å². The Bertz CT molecular complexity index is 795. The topological polar surface area (TPSA) is 103 Å². The number of amides is 1. The number of esters is 1. The van der Waals surface area contributed by atoms with Crippen molar-refractivity contribution in [2.45, 2.75) is 25.4 Å². The molecule has 3 rings (SSSR count). The van der Waals surface area contributed by atoms with Crippen molar-refractivity contribution in [3.63, 3.8) is 0 Å². The van der Waals surface area contributed by atoms with Crippen molar-refractivity contribution in [3.05, 3.63) is 63.9 Å². The maximum Gasteiger partial charge on any atom is 0.433 e. The lowest BCUT2D eigenvalue weighted by Gasteiger charge is -2.30. The van der Waals surface area contributed by atoms with Gasteiger partial charge in [-0.15, -0.1) is 0 Å². The number of piperidine rings is 1. The molecule has 0 radical (unpaired) electrons. The van der Waals surface area contributed by atoms with E-state index in [1.807, 2.05) is 0 Å². The molecule has 0 aliphatic carbocycles. The fraction of sp³-hybridized carbons (Fsp3) is 0.333. The van der Waals surface area contributed by atoms with Crippen LogP contribution in [0.25, 0.3) is 0 Å².